The zero-order valence-corrected chi connectivity index (χ0v) is 8.72. The van der Waals surface area contributed by atoms with Crippen LogP contribution >= 0.6 is 11.6 Å². The topological polar surface area (TPSA) is 36.7 Å². The predicted octanol–water partition coefficient (Wildman–Crippen LogP) is 2.88. The maximum Gasteiger partial charge on any atom is 0.150 e. The van der Waals surface area contributed by atoms with Gasteiger partial charge in [0.2, 0.25) is 0 Å². The van der Waals surface area contributed by atoms with Gasteiger partial charge in [-0.25, -0.2) is 9.37 Å². The quantitative estimate of drug-likeness (QED) is 0.653. The first-order chi connectivity index (χ1) is 7.65. The van der Waals surface area contributed by atoms with E-state index in [-0.39, 0.29) is 21.8 Å². The lowest BCUT2D eigenvalue weighted by atomic mass is 10.1. The van der Waals surface area contributed by atoms with E-state index in [1.165, 1.54) is 12.1 Å². The molecule has 4 heteroatoms. The summed E-state index contributed by atoms with van der Waals surface area (Å²) in [6, 6.07) is 6.08. The number of nitriles is 1. The van der Waals surface area contributed by atoms with E-state index >= 15 is 0 Å². The molecule has 1 aromatic heterocycles. The number of fused-ring (bicyclic) bond motifs is 1. The molecule has 2 nitrogen and oxygen atoms in total. The van der Waals surface area contributed by atoms with Crippen LogP contribution in [0.25, 0.3) is 10.9 Å². The number of halogens is 2. The standard InChI is InChI=1S/C12H4ClFN2/c1-2-11-8(6-15)3-7-4-9(13)5-10(14)12(7)16-11/h1,3-5H. The molecule has 0 atom stereocenters. The van der Waals surface area contributed by atoms with E-state index < -0.39 is 5.82 Å². The van der Waals surface area contributed by atoms with Crippen LogP contribution in [0, 0.1) is 29.5 Å². The SMILES string of the molecule is C#Cc1nc2c(F)cc(Cl)cc2cc1C#N. The second-order valence-corrected chi connectivity index (χ2v) is 3.54. The molecule has 16 heavy (non-hydrogen) atoms. The van der Waals surface area contributed by atoms with Gasteiger partial charge in [-0.05, 0) is 24.1 Å². The van der Waals surface area contributed by atoms with Crippen LogP contribution in [-0.2, 0) is 0 Å². The fourth-order valence-electron chi connectivity index (χ4n) is 1.41. The third-order valence-corrected chi connectivity index (χ3v) is 2.31. The molecule has 1 heterocycles. The molecule has 0 spiro atoms. The Labute approximate surface area is 96.3 Å². The number of hydrogen-bond acceptors (Lipinski definition) is 2. The lowest BCUT2D eigenvalue weighted by Crippen LogP contribution is -1.93. The van der Waals surface area contributed by atoms with E-state index in [4.69, 9.17) is 23.3 Å². The fourth-order valence-corrected chi connectivity index (χ4v) is 1.62. The van der Waals surface area contributed by atoms with Crippen molar-refractivity contribution in [3.8, 4) is 18.4 Å². The van der Waals surface area contributed by atoms with Crippen molar-refractivity contribution in [2.45, 2.75) is 0 Å². The third kappa shape index (κ3) is 1.58. The Morgan fingerprint density at radius 1 is 1.38 bits per heavy atom. The highest BCUT2D eigenvalue weighted by Crippen LogP contribution is 2.23. The van der Waals surface area contributed by atoms with Gasteiger partial charge in [-0.1, -0.05) is 11.6 Å². The molecular formula is C12H4ClFN2. The van der Waals surface area contributed by atoms with Crippen molar-refractivity contribution in [1.29, 1.82) is 5.26 Å². The van der Waals surface area contributed by atoms with Crippen molar-refractivity contribution in [2.24, 2.45) is 0 Å². The lowest BCUT2D eigenvalue weighted by molar-refractivity contribution is 0.637. The highest BCUT2D eigenvalue weighted by Gasteiger charge is 2.09. The van der Waals surface area contributed by atoms with E-state index in [0.717, 1.165) is 6.07 Å². The van der Waals surface area contributed by atoms with Gasteiger partial charge in [0.15, 0.2) is 5.82 Å². The fraction of sp³-hybridized carbons (Fsp3) is 0. The predicted molar refractivity (Wildman–Crippen MR) is 59.4 cm³/mol. The van der Waals surface area contributed by atoms with Crippen LogP contribution in [-0.4, -0.2) is 4.98 Å². The minimum Gasteiger partial charge on any atom is -0.235 e. The van der Waals surface area contributed by atoms with Gasteiger partial charge in [0, 0.05) is 10.4 Å². The summed E-state index contributed by atoms with van der Waals surface area (Å²) in [6.07, 6.45) is 5.19. The summed E-state index contributed by atoms with van der Waals surface area (Å²) in [6.45, 7) is 0. The largest absolute Gasteiger partial charge is 0.235 e. The van der Waals surface area contributed by atoms with Crippen LogP contribution in [0.2, 0.25) is 5.02 Å². The summed E-state index contributed by atoms with van der Waals surface area (Å²) in [4.78, 5) is 3.91. The Kier molecular flexibility index (Phi) is 2.48. The molecule has 0 saturated heterocycles. The van der Waals surface area contributed by atoms with E-state index in [1.807, 2.05) is 6.07 Å². The van der Waals surface area contributed by atoms with Gasteiger partial charge in [0.25, 0.3) is 0 Å². The average molecular weight is 231 g/mol. The minimum absolute atomic E-state index is 0.122. The van der Waals surface area contributed by atoms with Crippen molar-refractivity contribution >= 4 is 22.5 Å². The molecule has 0 fully saturated rings. The maximum atomic E-state index is 13.5. The van der Waals surface area contributed by atoms with Crippen LogP contribution in [0.3, 0.4) is 0 Å². The third-order valence-electron chi connectivity index (χ3n) is 2.09. The molecule has 0 unspecified atom stereocenters. The number of aromatic nitrogens is 1. The molecule has 0 aliphatic heterocycles. The van der Waals surface area contributed by atoms with Gasteiger partial charge in [0.1, 0.15) is 17.3 Å². The van der Waals surface area contributed by atoms with E-state index in [2.05, 4.69) is 10.9 Å². The number of nitrogens with zero attached hydrogens (tertiary/aromatic N) is 2. The highest BCUT2D eigenvalue weighted by atomic mass is 35.5. The molecular weight excluding hydrogens is 227 g/mol. The van der Waals surface area contributed by atoms with E-state index in [1.54, 1.807) is 0 Å². The zero-order chi connectivity index (χ0) is 11.7. The molecule has 0 aliphatic rings. The van der Waals surface area contributed by atoms with Crippen LogP contribution in [0.5, 0.6) is 0 Å². The van der Waals surface area contributed by atoms with Crippen molar-refractivity contribution in [3.05, 3.63) is 40.3 Å². The number of pyridine rings is 1. The van der Waals surface area contributed by atoms with E-state index in [9.17, 15) is 4.39 Å². The zero-order valence-electron chi connectivity index (χ0n) is 7.96. The molecule has 76 valence electrons. The Morgan fingerprint density at radius 2 is 2.12 bits per heavy atom. The lowest BCUT2D eigenvalue weighted by Gasteiger charge is -2.02. The van der Waals surface area contributed by atoms with Gasteiger partial charge in [-0.15, -0.1) is 6.42 Å². The Bertz CT molecular complexity index is 665. The van der Waals surface area contributed by atoms with Crippen LogP contribution in [0.15, 0.2) is 18.2 Å². The van der Waals surface area contributed by atoms with Crippen LogP contribution in [0.4, 0.5) is 4.39 Å². The van der Waals surface area contributed by atoms with E-state index in [0.29, 0.717) is 5.39 Å². The monoisotopic (exact) mass is 230 g/mol. The minimum atomic E-state index is -0.552. The van der Waals surface area contributed by atoms with Crippen molar-refractivity contribution in [2.75, 3.05) is 0 Å². The Morgan fingerprint density at radius 3 is 2.75 bits per heavy atom. The molecule has 0 amide bonds. The molecule has 2 aromatic rings. The van der Waals surface area contributed by atoms with Gasteiger partial charge >= 0.3 is 0 Å². The summed E-state index contributed by atoms with van der Waals surface area (Å²) in [5, 5.41) is 9.55. The smallest absolute Gasteiger partial charge is 0.150 e. The van der Waals surface area contributed by atoms with Crippen molar-refractivity contribution < 1.29 is 4.39 Å². The van der Waals surface area contributed by atoms with Crippen molar-refractivity contribution in [1.82, 2.24) is 4.98 Å². The first kappa shape index (κ1) is 10.4. The Balaban J connectivity index is 2.91. The highest BCUT2D eigenvalue weighted by molar-refractivity contribution is 6.31. The first-order valence-electron chi connectivity index (χ1n) is 4.32. The average Bonchev–Trinajstić information content (AvgIpc) is 2.27. The normalized spacial score (nSPS) is 9.75. The van der Waals surface area contributed by atoms with Crippen LogP contribution < -0.4 is 0 Å². The summed E-state index contributed by atoms with van der Waals surface area (Å²) >= 11 is 5.70. The number of benzene rings is 1. The Hall–Kier alpha value is -2.10. The summed E-state index contributed by atoms with van der Waals surface area (Å²) < 4.78 is 13.5. The number of terminal acetylenes is 1. The second kappa shape index (κ2) is 3.81. The molecule has 0 radical (unpaired) electrons. The number of hydrogen-bond donors (Lipinski definition) is 0. The molecule has 0 N–H and O–H groups in total. The molecule has 0 saturated carbocycles. The van der Waals surface area contributed by atoms with Crippen LogP contribution in [0.1, 0.15) is 11.3 Å². The molecule has 1 aromatic carbocycles. The number of rotatable bonds is 0. The molecule has 0 bridgehead atoms. The second-order valence-electron chi connectivity index (χ2n) is 3.10. The van der Waals surface area contributed by atoms with Gasteiger partial charge < -0.3 is 0 Å². The van der Waals surface area contributed by atoms with Gasteiger partial charge in [-0.3, -0.25) is 0 Å². The summed E-state index contributed by atoms with van der Waals surface area (Å²) in [5.41, 5.74) is 0.490. The summed E-state index contributed by atoms with van der Waals surface area (Å²) in [5.74, 6) is 1.69. The summed E-state index contributed by atoms with van der Waals surface area (Å²) in [7, 11) is 0. The van der Waals surface area contributed by atoms with Gasteiger partial charge in [-0.2, -0.15) is 5.26 Å². The maximum absolute atomic E-state index is 13.5. The molecule has 2 rings (SSSR count). The van der Waals surface area contributed by atoms with Crippen molar-refractivity contribution in [3.63, 3.8) is 0 Å². The first-order valence-corrected chi connectivity index (χ1v) is 4.70. The van der Waals surface area contributed by atoms with Gasteiger partial charge in [0.05, 0.1) is 5.56 Å². The molecule has 0 aliphatic carbocycles.